The molecule has 14 heteroatoms. The van der Waals surface area contributed by atoms with Crippen LogP contribution in [0.25, 0.3) is 5.69 Å². The van der Waals surface area contributed by atoms with Gasteiger partial charge < -0.3 is 21.5 Å². The Labute approximate surface area is 282 Å². The molecular formula is C35H42F3N5O6. The minimum atomic E-state index is -5.09. The number of aliphatic hydroxyl groups excluding tert-OH is 1. The Morgan fingerprint density at radius 2 is 1.51 bits per heavy atom. The van der Waals surface area contributed by atoms with E-state index in [9.17, 15) is 42.3 Å². The Morgan fingerprint density at radius 3 is 2.08 bits per heavy atom. The molecule has 3 amide bonds. The third-order valence-electron chi connectivity index (χ3n) is 8.16. The molecule has 3 aromatic rings. The Morgan fingerprint density at radius 1 is 0.898 bits per heavy atom. The van der Waals surface area contributed by atoms with Gasteiger partial charge in [-0.05, 0) is 36.5 Å². The summed E-state index contributed by atoms with van der Waals surface area (Å²) in [5.74, 6) is -5.61. The highest BCUT2D eigenvalue weighted by atomic mass is 19.4. The number of nitrogens with zero attached hydrogens (tertiary/aromatic N) is 2. The number of primary amides is 1. The van der Waals surface area contributed by atoms with Crippen LogP contribution < -0.4 is 16.4 Å². The molecule has 1 heterocycles. The first-order valence-electron chi connectivity index (χ1n) is 15.9. The molecule has 0 aliphatic heterocycles. The Kier molecular flexibility index (Phi) is 13.8. The standard InChI is InChI=1S/C35H42F3N5O6/c1-21(2)26(18-29(44)24-19-40-43(20-24)25-12-8-5-9-13-25)34(49)42-28(17-23-10-6-4-7-11-23)30(45)16-22(3)33(48)41-27(14-15-31(39)46)32(47)35(36,37)38/h4-13,19-22,26-28,32,47H,14-18H2,1-3H3,(H2,39,46)(H,41,48)(H,42,49)/t22-,26+,27?,28+,32?/m1/s1. The molecule has 0 radical (unpaired) electrons. The van der Waals surface area contributed by atoms with Crippen LogP contribution in [0.3, 0.4) is 0 Å². The van der Waals surface area contributed by atoms with E-state index < -0.39 is 79.0 Å². The maximum absolute atomic E-state index is 13.7. The lowest BCUT2D eigenvalue weighted by Crippen LogP contribution is -2.52. The summed E-state index contributed by atoms with van der Waals surface area (Å²) in [7, 11) is 0. The summed E-state index contributed by atoms with van der Waals surface area (Å²) in [6.45, 7) is 4.87. The van der Waals surface area contributed by atoms with Crippen molar-refractivity contribution in [2.75, 3.05) is 0 Å². The van der Waals surface area contributed by atoms with Crippen LogP contribution >= 0.6 is 0 Å². The molecule has 11 nitrogen and oxygen atoms in total. The lowest BCUT2D eigenvalue weighted by molar-refractivity contribution is -0.213. The van der Waals surface area contributed by atoms with Gasteiger partial charge in [-0.2, -0.15) is 18.3 Å². The van der Waals surface area contributed by atoms with Crippen molar-refractivity contribution in [2.24, 2.45) is 23.5 Å². The average molecular weight is 686 g/mol. The maximum atomic E-state index is 13.7. The molecule has 0 aliphatic carbocycles. The lowest BCUT2D eigenvalue weighted by atomic mass is 9.87. The highest BCUT2D eigenvalue weighted by molar-refractivity contribution is 5.99. The Hall–Kier alpha value is -4.85. The Bertz CT molecular complexity index is 1580. The largest absolute Gasteiger partial charge is 0.416 e. The number of nitrogens with two attached hydrogens (primary N) is 1. The third kappa shape index (κ3) is 11.7. The average Bonchev–Trinajstić information content (AvgIpc) is 3.55. The summed E-state index contributed by atoms with van der Waals surface area (Å²) >= 11 is 0. The van der Waals surface area contributed by atoms with E-state index in [0.29, 0.717) is 11.1 Å². The molecule has 0 fully saturated rings. The van der Waals surface area contributed by atoms with E-state index >= 15 is 0 Å². The number of hydrogen-bond acceptors (Lipinski definition) is 7. The summed E-state index contributed by atoms with van der Waals surface area (Å²) in [6.07, 6.45) is -6.72. The fourth-order valence-corrected chi connectivity index (χ4v) is 5.21. The zero-order valence-corrected chi connectivity index (χ0v) is 27.5. The molecular weight excluding hydrogens is 643 g/mol. The van der Waals surface area contributed by atoms with Gasteiger partial charge in [0.15, 0.2) is 17.7 Å². The van der Waals surface area contributed by atoms with Gasteiger partial charge in [-0.25, -0.2) is 4.68 Å². The van der Waals surface area contributed by atoms with Crippen LogP contribution in [0.5, 0.6) is 0 Å². The van der Waals surface area contributed by atoms with Gasteiger partial charge >= 0.3 is 6.18 Å². The number of aliphatic hydroxyl groups is 1. The first kappa shape index (κ1) is 38.6. The van der Waals surface area contributed by atoms with Gasteiger partial charge in [-0.15, -0.1) is 0 Å². The van der Waals surface area contributed by atoms with E-state index in [0.717, 1.165) is 5.69 Å². The van der Waals surface area contributed by atoms with Crippen molar-refractivity contribution in [3.63, 3.8) is 0 Å². The van der Waals surface area contributed by atoms with Crippen LogP contribution in [-0.2, 0) is 25.6 Å². The van der Waals surface area contributed by atoms with Gasteiger partial charge in [0.2, 0.25) is 17.7 Å². The molecule has 0 spiro atoms. The lowest BCUT2D eigenvalue weighted by Gasteiger charge is -2.27. The van der Waals surface area contributed by atoms with Crippen molar-refractivity contribution in [1.29, 1.82) is 0 Å². The predicted molar refractivity (Wildman–Crippen MR) is 174 cm³/mol. The molecule has 264 valence electrons. The molecule has 0 aliphatic rings. The maximum Gasteiger partial charge on any atom is 0.416 e. The van der Waals surface area contributed by atoms with E-state index in [1.807, 2.05) is 30.3 Å². The van der Waals surface area contributed by atoms with E-state index in [4.69, 9.17) is 5.73 Å². The molecule has 49 heavy (non-hydrogen) atoms. The second kappa shape index (κ2) is 17.5. The zero-order chi connectivity index (χ0) is 36.3. The number of carbonyl (C=O) groups is 5. The summed E-state index contributed by atoms with van der Waals surface area (Å²) < 4.78 is 41.3. The second-order valence-corrected chi connectivity index (χ2v) is 12.4. The summed E-state index contributed by atoms with van der Waals surface area (Å²) in [5, 5.41) is 18.9. The number of hydrogen-bond donors (Lipinski definition) is 4. The SMILES string of the molecule is CC(C)[C@H](CC(=O)c1cnn(-c2ccccc2)c1)C(=O)N[C@@H](Cc1ccccc1)C(=O)C[C@@H](C)C(=O)NC(CCC(N)=O)C(O)C(F)(F)F. The monoisotopic (exact) mass is 685 g/mol. The van der Waals surface area contributed by atoms with Crippen LogP contribution in [0.4, 0.5) is 13.2 Å². The van der Waals surface area contributed by atoms with Gasteiger partial charge in [0.05, 0.1) is 29.5 Å². The zero-order valence-electron chi connectivity index (χ0n) is 27.5. The van der Waals surface area contributed by atoms with Gasteiger partial charge in [0.1, 0.15) is 0 Å². The molecule has 0 saturated heterocycles. The minimum Gasteiger partial charge on any atom is -0.382 e. The first-order chi connectivity index (χ1) is 23.1. The number of para-hydroxylation sites is 1. The normalized spacial score (nSPS) is 14.7. The highest BCUT2D eigenvalue weighted by Crippen LogP contribution is 2.25. The van der Waals surface area contributed by atoms with Crippen LogP contribution in [0.2, 0.25) is 0 Å². The molecule has 5 N–H and O–H groups in total. The van der Waals surface area contributed by atoms with E-state index in [2.05, 4.69) is 15.7 Å². The number of amides is 3. The third-order valence-corrected chi connectivity index (χ3v) is 8.16. The molecule has 0 bridgehead atoms. The minimum absolute atomic E-state index is 0.0520. The van der Waals surface area contributed by atoms with E-state index in [1.165, 1.54) is 13.1 Å². The van der Waals surface area contributed by atoms with E-state index in [-0.39, 0.29) is 24.5 Å². The van der Waals surface area contributed by atoms with Crippen molar-refractivity contribution in [2.45, 2.75) is 77.2 Å². The molecule has 2 aromatic carbocycles. The van der Waals surface area contributed by atoms with Gasteiger partial charge in [0.25, 0.3) is 0 Å². The van der Waals surface area contributed by atoms with Crippen molar-refractivity contribution in [3.8, 4) is 5.69 Å². The van der Waals surface area contributed by atoms with Crippen molar-refractivity contribution < 1.29 is 42.3 Å². The number of aromatic nitrogens is 2. The van der Waals surface area contributed by atoms with Crippen molar-refractivity contribution >= 4 is 29.3 Å². The van der Waals surface area contributed by atoms with Gasteiger partial charge in [-0.1, -0.05) is 69.3 Å². The number of Topliss-reactive ketones (excluding diaryl/α,β-unsaturated/α-hetero) is 2. The number of benzene rings is 2. The molecule has 0 saturated carbocycles. The van der Waals surface area contributed by atoms with Crippen molar-refractivity contribution in [1.82, 2.24) is 20.4 Å². The second-order valence-electron chi connectivity index (χ2n) is 12.4. The first-order valence-corrected chi connectivity index (χ1v) is 15.9. The van der Waals surface area contributed by atoms with Crippen molar-refractivity contribution in [3.05, 3.63) is 84.2 Å². The Balaban J connectivity index is 1.74. The number of carbonyl (C=O) groups excluding carboxylic acids is 5. The predicted octanol–water partition coefficient (Wildman–Crippen LogP) is 3.71. The van der Waals surface area contributed by atoms with Gasteiger partial charge in [-0.3, -0.25) is 24.0 Å². The highest BCUT2D eigenvalue weighted by Gasteiger charge is 2.44. The number of rotatable bonds is 18. The molecule has 1 aromatic heterocycles. The summed E-state index contributed by atoms with van der Waals surface area (Å²) in [5.41, 5.74) is 6.80. The molecule has 5 atom stereocenters. The quantitative estimate of drug-likeness (QED) is 0.148. The number of halogens is 3. The molecule has 2 unspecified atom stereocenters. The number of ketones is 2. The van der Waals surface area contributed by atoms with Crippen LogP contribution in [0.15, 0.2) is 73.1 Å². The van der Waals surface area contributed by atoms with E-state index in [1.54, 1.807) is 55.1 Å². The summed E-state index contributed by atoms with van der Waals surface area (Å²) in [6, 6.07) is 14.9. The topological polar surface area (TPSA) is 173 Å². The fourth-order valence-electron chi connectivity index (χ4n) is 5.21. The van der Waals surface area contributed by atoms with Gasteiger partial charge in [0, 0.05) is 37.3 Å². The number of nitrogens with one attached hydrogen (secondary N) is 2. The molecule has 3 rings (SSSR count). The number of alkyl halides is 3. The van der Waals surface area contributed by atoms with Crippen LogP contribution in [-0.4, -0.2) is 68.5 Å². The van der Waals surface area contributed by atoms with Crippen LogP contribution in [0, 0.1) is 17.8 Å². The fraction of sp³-hybridized carbons (Fsp3) is 0.429. The van der Waals surface area contributed by atoms with Crippen LogP contribution in [0.1, 0.15) is 62.4 Å². The smallest absolute Gasteiger partial charge is 0.382 e. The summed E-state index contributed by atoms with van der Waals surface area (Å²) in [4.78, 5) is 64.6.